The molecule has 0 heterocycles. The number of nitrogens with one attached hydrogen (secondary N) is 1. The van der Waals surface area contributed by atoms with Crippen LogP contribution in [-0.2, 0) is 6.54 Å². The standard InChI is InChI=1S/C15H25FN2O/c1-11(2)17-9-12-8-13(16)6-7-14(12)18(5)10-15(3,4)19/h6-8,11,17,19H,9-10H2,1-5H3. The average Bonchev–Trinajstić information content (AvgIpc) is 2.23. The zero-order chi connectivity index (χ0) is 14.6. The number of rotatable bonds is 6. The molecule has 0 aliphatic rings. The largest absolute Gasteiger partial charge is 0.389 e. The van der Waals surface area contributed by atoms with Gasteiger partial charge in [0.05, 0.1) is 5.60 Å². The SMILES string of the molecule is CC(C)NCc1cc(F)ccc1N(C)CC(C)(C)O. The second kappa shape index (κ2) is 6.35. The van der Waals surface area contributed by atoms with E-state index in [1.807, 2.05) is 11.9 Å². The normalized spacial score (nSPS) is 12.0. The van der Waals surface area contributed by atoms with Crippen molar-refractivity contribution in [1.29, 1.82) is 0 Å². The topological polar surface area (TPSA) is 35.5 Å². The maximum Gasteiger partial charge on any atom is 0.123 e. The molecular formula is C15H25FN2O. The molecule has 0 unspecified atom stereocenters. The monoisotopic (exact) mass is 268 g/mol. The zero-order valence-corrected chi connectivity index (χ0v) is 12.5. The molecule has 4 heteroatoms. The lowest BCUT2D eigenvalue weighted by Crippen LogP contribution is -2.37. The summed E-state index contributed by atoms with van der Waals surface area (Å²) in [7, 11) is 1.91. The van der Waals surface area contributed by atoms with E-state index in [1.165, 1.54) is 6.07 Å². The van der Waals surface area contributed by atoms with Gasteiger partial charge in [-0.2, -0.15) is 0 Å². The number of nitrogens with zero attached hydrogens (tertiary/aromatic N) is 1. The third-order valence-electron chi connectivity index (χ3n) is 2.78. The van der Waals surface area contributed by atoms with E-state index in [-0.39, 0.29) is 5.82 Å². The van der Waals surface area contributed by atoms with E-state index in [1.54, 1.807) is 26.0 Å². The van der Waals surface area contributed by atoms with Crippen LogP contribution in [0.4, 0.5) is 10.1 Å². The fourth-order valence-electron chi connectivity index (χ4n) is 2.05. The van der Waals surface area contributed by atoms with Gasteiger partial charge in [0, 0.05) is 31.9 Å². The van der Waals surface area contributed by atoms with Crippen LogP contribution < -0.4 is 10.2 Å². The Labute approximate surface area is 115 Å². The van der Waals surface area contributed by atoms with Crippen LogP contribution in [0.5, 0.6) is 0 Å². The summed E-state index contributed by atoms with van der Waals surface area (Å²) in [6.45, 7) is 8.74. The van der Waals surface area contributed by atoms with Gasteiger partial charge in [-0.3, -0.25) is 0 Å². The van der Waals surface area contributed by atoms with Gasteiger partial charge in [0.15, 0.2) is 0 Å². The quantitative estimate of drug-likeness (QED) is 0.832. The van der Waals surface area contributed by atoms with Crippen molar-refractivity contribution in [3.8, 4) is 0 Å². The van der Waals surface area contributed by atoms with Crippen LogP contribution >= 0.6 is 0 Å². The zero-order valence-electron chi connectivity index (χ0n) is 12.5. The molecule has 0 saturated carbocycles. The van der Waals surface area contributed by atoms with Crippen molar-refractivity contribution >= 4 is 5.69 Å². The maximum atomic E-state index is 13.4. The first kappa shape index (κ1) is 15.9. The van der Waals surface area contributed by atoms with Crippen LogP contribution in [0.25, 0.3) is 0 Å². The van der Waals surface area contributed by atoms with E-state index >= 15 is 0 Å². The Morgan fingerprint density at radius 2 is 2.00 bits per heavy atom. The predicted octanol–water partition coefficient (Wildman–Crippen LogP) is 2.53. The van der Waals surface area contributed by atoms with E-state index in [0.717, 1.165) is 11.3 Å². The van der Waals surface area contributed by atoms with Crippen molar-refractivity contribution in [2.45, 2.75) is 45.9 Å². The molecule has 3 nitrogen and oxygen atoms in total. The highest BCUT2D eigenvalue weighted by Gasteiger charge is 2.18. The molecule has 0 aliphatic carbocycles. The summed E-state index contributed by atoms with van der Waals surface area (Å²) in [5, 5.41) is 13.2. The Hall–Kier alpha value is -1.13. The molecule has 0 spiro atoms. The first-order chi connectivity index (χ1) is 8.69. The van der Waals surface area contributed by atoms with Crippen molar-refractivity contribution in [2.75, 3.05) is 18.5 Å². The van der Waals surface area contributed by atoms with Crippen molar-refractivity contribution in [3.63, 3.8) is 0 Å². The van der Waals surface area contributed by atoms with Gasteiger partial charge in [-0.05, 0) is 37.6 Å². The lowest BCUT2D eigenvalue weighted by molar-refractivity contribution is 0.0886. The molecule has 2 N–H and O–H groups in total. The van der Waals surface area contributed by atoms with Gasteiger partial charge in [0.25, 0.3) is 0 Å². The minimum Gasteiger partial charge on any atom is -0.389 e. The molecule has 0 aliphatic heterocycles. The van der Waals surface area contributed by atoms with Crippen molar-refractivity contribution in [3.05, 3.63) is 29.6 Å². The third kappa shape index (κ3) is 5.57. The average molecular weight is 268 g/mol. The van der Waals surface area contributed by atoms with Crippen LogP contribution in [0, 0.1) is 5.82 Å². The third-order valence-corrected chi connectivity index (χ3v) is 2.78. The molecule has 0 aromatic heterocycles. The molecule has 0 amide bonds. The van der Waals surface area contributed by atoms with Crippen LogP contribution in [0.1, 0.15) is 33.3 Å². The fourth-order valence-corrected chi connectivity index (χ4v) is 2.05. The lowest BCUT2D eigenvalue weighted by Gasteiger charge is -2.29. The van der Waals surface area contributed by atoms with Crippen molar-refractivity contribution in [2.24, 2.45) is 0 Å². The molecule has 108 valence electrons. The molecule has 19 heavy (non-hydrogen) atoms. The van der Waals surface area contributed by atoms with Gasteiger partial charge < -0.3 is 15.3 Å². The van der Waals surface area contributed by atoms with Gasteiger partial charge in [0.2, 0.25) is 0 Å². The van der Waals surface area contributed by atoms with E-state index in [2.05, 4.69) is 19.2 Å². The Morgan fingerprint density at radius 3 is 2.53 bits per heavy atom. The molecule has 0 fully saturated rings. The van der Waals surface area contributed by atoms with Gasteiger partial charge in [0.1, 0.15) is 5.82 Å². The van der Waals surface area contributed by atoms with E-state index in [9.17, 15) is 9.50 Å². The first-order valence-electron chi connectivity index (χ1n) is 6.64. The first-order valence-corrected chi connectivity index (χ1v) is 6.64. The highest BCUT2D eigenvalue weighted by molar-refractivity contribution is 5.53. The number of halogens is 1. The highest BCUT2D eigenvalue weighted by atomic mass is 19.1. The summed E-state index contributed by atoms with van der Waals surface area (Å²) >= 11 is 0. The number of hydrogen-bond donors (Lipinski definition) is 2. The van der Waals surface area contributed by atoms with Gasteiger partial charge in [-0.25, -0.2) is 4.39 Å². The minimum atomic E-state index is -0.786. The van der Waals surface area contributed by atoms with Crippen LogP contribution in [0.15, 0.2) is 18.2 Å². The highest BCUT2D eigenvalue weighted by Crippen LogP contribution is 2.22. The Kier molecular flexibility index (Phi) is 5.32. The number of hydrogen-bond acceptors (Lipinski definition) is 3. The molecule has 1 rings (SSSR count). The molecule has 0 bridgehead atoms. The van der Waals surface area contributed by atoms with Gasteiger partial charge >= 0.3 is 0 Å². The predicted molar refractivity (Wildman–Crippen MR) is 77.9 cm³/mol. The molecule has 1 aromatic carbocycles. The van der Waals surface area contributed by atoms with Crippen molar-refractivity contribution < 1.29 is 9.50 Å². The Bertz CT molecular complexity index is 413. The minimum absolute atomic E-state index is 0.235. The molecule has 0 radical (unpaired) electrons. The van der Waals surface area contributed by atoms with E-state index < -0.39 is 5.60 Å². The molecule has 0 saturated heterocycles. The van der Waals surface area contributed by atoms with Gasteiger partial charge in [-0.15, -0.1) is 0 Å². The van der Waals surface area contributed by atoms with E-state index in [4.69, 9.17) is 0 Å². The summed E-state index contributed by atoms with van der Waals surface area (Å²) in [6, 6.07) is 5.11. The van der Waals surface area contributed by atoms with Crippen molar-refractivity contribution in [1.82, 2.24) is 5.32 Å². The fraction of sp³-hybridized carbons (Fsp3) is 0.600. The Morgan fingerprint density at radius 1 is 1.37 bits per heavy atom. The number of aliphatic hydroxyl groups is 1. The van der Waals surface area contributed by atoms with Crippen LogP contribution in [0.2, 0.25) is 0 Å². The van der Waals surface area contributed by atoms with Crippen LogP contribution in [-0.4, -0.2) is 30.3 Å². The Balaban J connectivity index is 2.92. The van der Waals surface area contributed by atoms with Crippen LogP contribution in [0.3, 0.4) is 0 Å². The number of anilines is 1. The lowest BCUT2D eigenvalue weighted by atomic mass is 10.1. The number of benzene rings is 1. The summed E-state index contributed by atoms with van der Waals surface area (Å²) in [5.41, 5.74) is 1.06. The maximum absolute atomic E-state index is 13.4. The second-order valence-corrected chi connectivity index (χ2v) is 5.98. The summed E-state index contributed by atoms with van der Waals surface area (Å²) in [6.07, 6.45) is 0. The van der Waals surface area contributed by atoms with E-state index in [0.29, 0.717) is 19.1 Å². The smallest absolute Gasteiger partial charge is 0.123 e. The second-order valence-electron chi connectivity index (χ2n) is 5.98. The summed E-state index contributed by atoms with van der Waals surface area (Å²) in [5.74, 6) is -0.235. The molecular weight excluding hydrogens is 243 g/mol. The molecule has 1 aromatic rings. The summed E-state index contributed by atoms with van der Waals surface area (Å²) < 4.78 is 13.4. The molecule has 0 atom stereocenters. The van der Waals surface area contributed by atoms with Gasteiger partial charge in [-0.1, -0.05) is 13.8 Å². The summed E-state index contributed by atoms with van der Waals surface area (Å²) in [4.78, 5) is 1.96. The number of likely N-dealkylation sites (N-methyl/N-ethyl adjacent to an activating group) is 1.